The van der Waals surface area contributed by atoms with Crippen LogP contribution in [-0.4, -0.2) is 32.1 Å². The molecule has 24 heavy (non-hydrogen) atoms. The number of rotatable bonds is 6. The van der Waals surface area contributed by atoms with Gasteiger partial charge in [-0.05, 0) is 74.9 Å². The minimum absolute atomic E-state index is 0. The van der Waals surface area contributed by atoms with Crippen LogP contribution in [0.5, 0.6) is 5.75 Å². The summed E-state index contributed by atoms with van der Waals surface area (Å²) in [4.78, 5) is 12.0. The van der Waals surface area contributed by atoms with E-state index < -0.39 is 0 Å². The summed E-state index contributed by atoms with van der Waals surface area (Å²) in [6.07, 6.45) is 2.64. The van der Waals surface area contributed by atoms with E-state index in [2.05, 4.69) is 44.4 Å². The number of hydrogen-bond acceptors (Lipinski definition) is 3. The molecule has 1 aliphatic heterocycles. The quantitative estimate of drug-likeness (QED) is 0.824. The second-order valence-corrected chi connectivity index (χ2v) is 7.14. The maximum absolute atomic E-state index is 12.0. The number of nitrogens with one attached hydrogen (secondary N) is 2. The predicted octanol–water partition coefficient (Wildman–Crippen LogP) is 3.31. The van der Waals surface area contributed by atoms with Crippen LogP contribution in [0.2, 0.25) is 0 Å². The number of piperidine rings is 1. The van der Waals surface area contributed by atoms with Gasteiger partial charge in [-0.2, -0.15) is 0 Å². The van der Waals surface area contributed by atoms with Gasteiger partial charge in [0.15, 0.2) is 0 Å². The first kappa shape index (κ1) is 20.8. The molecular formula is C19H31ClN2O2. The van der Waals surface area contributed by atoms with E-state index in [0.29, 0.717) is 13.0 Å². The summed E-state index contributed by atoms with van der Waals surface area (Å²) < 4.78 is 5.82. The van der Waals surface area contributed by atoms with Crippen LogP contribution in [0, 0.1) is 26.2 Å². The average molecular weight is 355 g/mol. The Balaban J connectivity index is 0.00000288. The van der Waals surface area contributed by atoms with Crippen molar-refractivity contribution in [2.75, 3.05) is 26.2 Å². The monoisotopic (exact) mass is 354 g/mol. The van der Waals surface area contributed by atoms with Crippen molar-refractivity contribution in [3.63, 3.8) is 0 Å². The molecule has 0 atom stereocenters. The molecule has 0 radical (unpaired) electrons. The van der Waals surface area contributed by atoms with E-state index >= 15 is 0 Å². The molecule has 1 amide bonds. The van der Waals surface area contributed by atoms with Crippen LogP contribution in [0.3, 0.4) is 0 Å². The standard InChI is InChI=1S/C19H30N2O2.ClH/c1-14-11-15(2)16(3)17(12-14)23-10-5-18(22)21-13-19(4)6-8-20-9-7-19;/h11-12,20H,5-10,13H2,1-4H3,(H,21,22);1H. The third kappa shape index (κ3) is 5.99. The van der Waals surface area contributed by atoms with Gasteiger partial charge in [0.2, 0.25) is 5.91 Å². The molecule has 136 valence electrons. The third-order valence-corrected chi connectivity index (χ3v) is 4.87. The zero-order valence-electron chi connectivity index (χ0n) is 15.3. The van der Waals surface area contributed by atoms with E-state index in [1.807, 2.05) is 6.07 Å². The van der Waals surface area contributed by atoms with Crippen molar-refractivity contribution < 1.29 is 9.53 Å². The largest absolute Gasteiger partial charge is 0.493 e. The zero-order chi connectivity index (χ0) is 16.9. The molecule has 0 unspecified atom stereocenters. The predicted molar refractivity (Wildman–Crippen MR) is 101 cm³/mol. The maximum atomic E-state index is 12.0. The Morgan fingerprint density at radius 2 is 1.92 bits per heavy atom. The van der Waals surface area contributed by atoms with Crippen molar-refractivity contribution in [3.8, 4) is 5.75 Å². The summed E-state index contributed by atoms with van der Waals surface area (Å²) in [5.41, 5.74) is 3.79. The van der Waals surface area contributed by atoms with Crippen LogP contribution in [-0.2, 0) is 4.79 Å². The van der Waals surface area contributed by atoms with Gasteiger partial charge in [-0.15, -0.1) is 12.4 Å². The van der Waals surface area contributed by atoms with Crippen LogP contribution in [0.15, 0.2) is 12.1 Å². The normalized spacial score (nSPS) is 16.2. The van der Waals surface area contributed by atoms with Gasteiger partial charge in [0.25, 0.3) is 0 Å². The van der Waals surface area contributed by atoms with E-state index in [0.717, 1.165) is 43.8 Å². The van der Waals surface area contributed by atoms with Crippen molar-refractivity contribution in [2.24, 2.45) is 5.41 Å². The molecule has 0 aliphatic carbocycles. The Morgan fingerprint density at radius 1 is 1.25 bits per heavy atom. The summed E-state index contributed by atoms with van der Waals surface area (Å²) >= 11 is 0. The van der Waals surface area contributed by atoms with E-state index in [1.165, 1.54) is 11.1 Å². The van der Waals surface area contributed by atoms with Gasteiger partial charge < -0.3 is 15.4 Å². The van der Waals surface area contributed by atoms with Crippen LogP contribution >= 0.6 is 12.4 Å². The molecule has 1 saturated heterocycles. The fraction of sp³-hybridized carbons (Fsp3) is 0.632. The van der Waals surface area contributed by atoms with Crippen molar-refractivity contribution in [2.45, 2.75) is 47.0 Å². The minimum Gasteiger partial charge on any atom is -0.493 e. The topological polar surface area (TPSA) is 50.4 Å². The number of carbonyl (C=O) groups excluding carboxylic acids is 1. The molecule has 0 aromatic heterocycles. The van der Waals surface area contributed by atoms with Gasteiger partial charge in [-0.1, -0.05) is 13.0 Å². The summed E-state index contributed by atoms with van der Waals surface area (Å²) in [6, 6.07) is 4.19. The van der Waals surface area contributed by atoms with Crippen molar-refractivity contribution in [1.29, 1.82) is 0 Å². The van der Waals surface area contributed by atoms with Gasteiger partial charge in [-0.3, -0.25) is 4.79 Å². The molecule has 0 spiro atoms. The second-order valence-electron chi connectivity index (χ2n) is 7.14. The van der Waals surface area contributed by atoms with E-state index in [9.17, 15) is 4.79 Å². The molecule has 4 nitrogen and oxygen atoms in total. The highest BCUT2D eigenvalue weighted by atomic mass is 35.5. The van der Waals surface area contributed by atoms with E-state index in [4.69, 9.17) is 4.74 Å². The van der Waals surface area contributed by atoms with Crippen molar-refractivity contribution >= 4 is 18.3 Å². The Bertz CT molecular complexity index is 555. The fourth-order valence-electron chi connectivity index (χ4n) is 3.01. The van der Waals surface area contributed by atoms with Crippen LogP contribution in [0.4, 0.5) is 0 Å². The van der Waals surface area contributed by atoms with Crippen LogP contribution in [0.25, 0.3) is 0 Å². The highest BCUT2D eigenvalue weighted by Crippen LogP contribution is 2.26. The molecule has 1 aromatic rings. The maximum Gasteiger partial charge on any atom is 0.223 e. The lowest BCUT2D eigenvalue weighted by molar-refractivity contribution is -0.122. The van der Waals surface area contributed by atoms with Crippen molar-refractivity contribution in [1.82, 2.24) is 10.6 Å². The van der Waals surface area contributed by atoms with Gasteiger partial charge >= 0.3 is 0 Å². The summed E-state index contributed by atoms with van der Waals surface area (Å²) in [6.45, 7) is 11.7. The minimum atomic E-state index is 0. The summed E-state index contributed by atoms with van der Waals surface area (Å²) in [5, 5.41) is 6.43. The number of hydrogen-bond donors (Lipinski definition) is 2. The molecule has 1 aliphatic rings. The van der Waals surface area contributed by atoms with E-state index in [-0.39, 0.29) is 23.7 Å². The molecule has 0 bridgehead atoms. The molecular weight excluding hydrogens is 324 g/mol. The Labute approximate surface area is 152 Å². The Morgan fingerprint density at radius 3 is 2.58 bits per heavy atom. The number of carbonyl (C=O) groups is 1. The van der Waals surface area contributed by atoms with E-state index in [1.54, 1.807) is 0 Å². The molecule has 0 saturated carbocycles. The molecule has 2 rings (SSSR count). The third-order valence-electron chi connectivity index (χ3n) is 4.87. The van der Waals surface area contributed by atoms with Gasteiger partial charge in [0, 0.05) is 6.54 Å². The molecule has 1 heterocycles. The molecule has 5 heteroatoms. The average Bonchev–Trinajstić information content (AvgIpc) is 2.51. The van der Waals surface area contributed by atoms with Gasteiger partial charge in [0.05, 0.1) is 13.0 Å². The van der Waals surface area contributed by atoms with Gasteiger partial charge in [-0.25, -0.2) is 0 Å². The molecule has 2 N–H and O–H groups in total. The molecule has 1 aromatic carbocycles. The Hall–Kier alpha value is -1.26. The number of ether oxygens (including phenoxy) is 1. The van der Waals surface area contributed by atoms with Crippen LogP contribution < -0.4 is 15.4 Å². The fourth-order valence-corrected chi connectivity index (χ4v) is 3.01. The first-order valence-corrected chi connectivity index (χ1v) is 8.58. The highest BCUT2D eigenvalue weighted by Gasteiger charge is 2.26. The van der Waals surface area contributed by atoms with Crippen LogP contribution in [0.1, 0.15) is 42.9 Å². The smallest absolute Gasteiger partial charge is 0.223 e. The lowest BCUT2D eigenvalue weighted by atomic mass is 9.81. The number of halogens is 1. The SMILES string of the molecule is Cc1cc(C)c(C)c(OCCC(=O)NCC2(C)CCNCC2)c1.Cl. The number of benzene rings is 1. The lowest BCUT2D eigenvalue weighted by Gasteiger charge is -2.34. The first-order chi connectivity index (χ1) is 10.9. The summed E-state index contributed by atoms with van der Waals surface area (Å²) in [7, 11) is 0. The Kier molecular flexibility index (Phi) is 8.04. The number of aryl methyl sites for hydroxylation is 2. The number of amides is 1. The lowest BCUT2D eigenvalue weighted by Crippen LogP contribution is -2.43. The highest BCUT2D eigenvalue weighted by molar-refractivity contribution is 5.85. The second kappa shape index (κ2) is 9.28. The summed E-state index contributed by atoms with van der Waals surface area (Å²) in [5.74, 6) is 0.965. The first-order valence-electron chi connectivity index (χ1n) is 8.58. The van der Waals surface area contributed by atoms with Gasteiger partial charge in [0.1, 0.15) is 5.75 Å². The van der Waals surface area contributed by atoms with Crippen molar-refractivity contribution in [3.05, 3.63) is 28.8 Å². The zero-order valence-corrected chi connectivity index (χ0v) is 16.1. The molecule has 1 fully saturated rings.